The number of hydrogen-bond donors (Lipinski definition) is 1. The molecule has 0 saturated carbocycles. The van der Waals surface area contributed by atoms with Crippen LogP contribution in [0.2, 0.25) is 0 Å². The Morgan fingerprint density at radius 3 is 2.52 bits per heavy atom. The van der Waals surface area contributed by atoms with Crippen LogP contribution in [0.15, 0.2) is 42.6 Å². The van der Waals surface area contributed by atoms with Crippen molar-refractivity contribution in [2.75, 3.05) is 26.2 Å². The van der Waals surface area contributed by atoms with E-state index < -0.39 is 0 Å². The molecule has 3 rings (SSSR count). The van der Waals surface area contributed by atoms with Gasteiger partial charge in [0.1, 0.15) is 0 Å². The summed E-state index contributed by atoms with van der Waals surface area (Å²) in [7, 11) is 0. The van der Waals surface area contributed by atoms with Gasteiger partial charge in [-0.15, -0.1) is 0 Å². The fourth-order valence-corrected chi connectivity index (χ4v) is 2.65. The van der Waals surface area contributed by atoms with Gasteiger partial charge in [0.15, 0.2) is 0 Å². The van der Waals surface area contributed by atoms with Crippen LogP contribution < -0.4 is 0 Å². The minimum atomic E-state index is 0.179. The van der Waals surface area contributed by atoms with Gasteiger partial charge in [-0.1, -0.05) is 30.3 Å². The summed E-state index contributed by atoms with van der Waals surface area (Å²) in [5.74, 6) is 0.179. The zero-order valence-corrected chi connectivity index (χ0v) is 12.0. The van der Waals surface area contributed by atoms with Crippen LogP contribution in [0.3, 0.4) is 0 Å². The molecule has 1 amide bonds. The molecule has 21 heavy (non-hydrogen) atoms. The van der Waals surface area contributed by atoms with Crippen LogP contribution >= 0.6 is 0 Å². The number of rotatable bonds is 4. The third-order valence-electron chi connectivity index (χ3n) is 3.87. The highest BCUT2D eigenvalue weighted by Gasteiger charge is 2.21. The van der Waals surface area contributed by atoms with Crippen molar-refractivity contribution in [3.63, 3.8) is 0 Å². The number of hydrogen-bond acceptors (Lipinski definition) is 3. The third kappa shape index (κ3) is 3.70. The molecule has 1 aliphatic heterocycles. The molecule has 0 bridgehead atoms. The van der Waals surface area contributed by atoms with Crippen LogP contribution in [-0.2, 0) is 17.8 Å². The van der Waals surface area contributed by atoms with E-state index in [1.165, 1.54) is 5.56 Å². The zero-order valence-electron chi connectivity index (χ0n) is 12.0. The minimum absolute atomic E-state index is 0.179. The van der Waals surface area contributed by atoms with Crippen LogP contribution in [0.4, 0.5) is 0 Å². The molecule has 1 aromatic carbocycles. The van der Waals surface area contributed by atoms with Gasteiger partial charge in [0.25, 0.3) is 0 Å². The number of H-pyrrole nitrogens is 1. The standard InChI is InChI=1S/C16H20N4O/c21-16(12-15-6-7-17-18-15)20-10-8-19(9-11-20)13-14-4-2-1-3-5-14/h1-7H,8-13H2,(H,17,18). The number of carbonyl (C=O) groups excluding carboxylic acids is 1. The number of aromatic amines is 1. The maximum Gasteiger partial charge on any atom is 0.228 e. The molecule has 5 heteroatoms. The topological polar surface area (TPSA) is 52.2 Å². The summed E-state index contributed by atoms with van der Waals surface area (Å²) in [6.07, 6.45) is 2.10. The van der Waals surface area contributed by atoms with Crippen molar-refractivity contribution in [3.05, 3.63) is 53.9 Å². The highest BCUT2D eigenvalue weighted by Crippen LogP contribution is 2.09. The van der Waals surface area contributed by atoms with Gasteiger partial charge in [0.05, 0.1) is 6.42 Å². The minimum Gasteiger partial charge on any atom is -0.340 e. The van der Waals surface area contributed by atoms with Crippen molar-refractivity contribution in [3.8, 4) is 0 Å². The fraction of sp³-hybridized carbons (Fsp3) is 0.375. The summed E-state index contributed by atoms with van der Waals surface area (Å²) < 4.78 is 0. The highest BCUT2D eigenvalue weighted by molar-refractivity contribution is 5.78. The van der Waals surface area contributed by atoms with Crippen LogP contribution in [0, 0.1) is 0 Å². The number of amides is 1. The first-order valence-electron chi connectivity index (χ1n) is 7.33. The Balaban J connectivity index is 1.47. The molecule has 0 spiro atoms. The predicted molar refractivity (Wildman–Crippen MR) is 80.6 cm³/mol. The molecule has 5 nitrogen and oxygen atoms in total. The van der Waals surface area contributed by atoms with Gasteiger partial charge in [-0.2, -0.15) is 5.10 Å². The lowest BCUT2D eigenvalue weighted by molar-refractivity contribution is -0.132. The number of aromatic nitrogens is 2. The van der Waals surface area contributed by atoms with Crippen molar-refractivity contribution in [1.29, 1.82) is 0 Å². The second-order valence-electron chi connectivity index (χ2n) is 5.40. The van der Waals surface area contributed by atoms with E-state index in [2.05, 4.69) is 39.4 Å². The Kier molecular flexibility index (Phi) is 4.31. The maximum absolute atomic E-state index is 12.2. The van der Waals surface area contributed by atoms with E-state index in [0.717, 1.165) is 38.4 Å². The van der Waals surface area contributed by atoms with Crippen molar-refractivity contribution >= 4 is 5.91 Å². The Morgan fingerprint density at radius 2 is 1.86 bits per heavy atom. The maximum atomic E-state index is 12.2. The third-order valence-corrected chi connectivity index (χ3v) is 3.87. The van der Waals surface area contributed by atoms with Crippen molar-refractivity contribution in [1.82, 2.24) is 20.0 Å². The van der Waals surface area contributed by atoms with Crippen LogP contribution in [0.25, 0.3) is 0 Å². The monoisotopic (exact) mass is 284 g/mol. The molecule has 0 unspecified atom stereocenters. The fourth-order valence-electron chi connectivity index (χ4n) is 2.65. The molecule has 2 heterocycles. The molecular weight excluding hydrogens is 264 g/mol. The normalized spacial score (nSPS) is 16.1. The van der Waals surface area contributed by atoms with E-state index in [4.69, 9.17) is 0 Å². The largest absolute Gasteiger partial charge is 0.340 e. The van der Waals surface area contributed by atoms with E-state index in [9.17, 15) is 4.79 Å². The van der Waals surface area contributed by atoms with Crippen molar-refractivity contribution < 1.29 is 4.79 Å². The molecule has 1 aromatic heterocycles. The van der Waals surface area contributed by atoms with Gasteiger partial charge in [0, 0.05) is 44.6 Å². The van der Waals surface area contributed by atoms with Gasteiger partial charge in [-0.25, -0.2) is 0 Å². The lowest BCUT2D eigenvalue weighted by Crippen LogP contribution is -2.48. The van der Waals surface area contributed by atoms with Gasteiger partial charge < -0.3 is 4.90 Å². The second kappa shape index (κ2) is 6.54. The first-order valence-corrected chi connectivity index (χ1v) is 7.33. The first kappa shape index (κ1) is 13.8. The number of piperazine rings is 1. The lowest BCUT2D eigenvalue weighted by Gasteiger charge is -2.34. The van der Waals surface area contributed by atoms with Gasteiger partial charge in [-0.05, 0) is 11.6 Å². The lowest BCUT2D eigenvalue weighted by atomic mass is 10.2. The quantitative estimate of drug-likeness (QED) is 0.920. The average Bonchev–Trinajstić information content (AvgIpc) is 3.02. The van der Waals surface area contributed by atoms with Gasteiger partial charge in [0.2, 0.25) is 5.91 Å². The van der Waals surface area contributed by atoms with E-state index in [1.807, 2.05) is 17.0 Å². The number of carbonyl (C=O) groups is 1. The van der Waals surface area contributed by atoms with Crippen LogP contribution in [-0.4, -0.2) is 52.1 Å². The van der Waals surface area contributed by atoms with E-state index in [-0.39, 0.29) is 5.91 Å². The molecule has 0 radical (unpaired) electrons. The van der Waals surface area contributed by atoms with Gasteiger partial charge in [-0.3, -0.25) is 14.8 Å². The number of nitrogens with one attached hydrogen (secondary N) is 1. The predicted octanol–water partition coefficient (Wildman–Crippen LogP) is 1.30. The van der Waals surface area contributed by atoms with Crippen molar-refractivity contribution in [2.24, 2.45) is 0 Å². The summed E-state index contributed by atoms with van der Waals surface area (Å²) >= 11 is 0. The number of benzene rings is 1. The summed E-state index contributed by atoms with van der Waals surface area (Å²) in [4.78, 5) is 16.5. The van der Waals surface area contributed by atoms with E-state index in [1.54, 1.807) is 6.20 Å². The Labute approximate surface area is 124 Å². The molecule has 1 fully saturated rings. The molecule has 0 aliphatic carbocycles. The Morgan fingerprint density at radius 1 is 1.10 bits per heavy atom. The molecule has 1 saturated heterocycles. The average molecular weight is 284 g/mol. The Bertz CT molecular complexity index is 559. The summed E-state index contributed by atoms with van der Waals surface area (Å²) in [5, 5.41) is 6.72. The smallest absolute Gasteiger partial charge is 0.228 e. The van der Waals surface area contributed by atoms with Crippen LogP contribution in [0.5, 0.6) is 0 Å². The van der Waals surface area contributed by atoms with E-state index >= 15 is 0 Å². The summed E-state index contributed by atoms with van der Waals surface area (Å²) in [6.45, 7) is 4.44. The van der Waals surface area contributed by atoms with Gasteiger partial charge >= 0.3 is 0 Å². The summed E-state index contributed by atoms with van der Waals surface area (Å²) in [5.41, 5.74) is 2.21. The first-order chi connectivity index (χ1) is 10.3. The zero-order chi connectivity index (χ0) is 14.5. The SMILES string of the molecule is O=C(Cc1ccn[nH]1)N1CCN(Cc2ccccc2)CC1. The second-order valence-corrected chi connectivity index (χ2v) is 5.40. The highest BCUT2D eigenvalue weighted by atomic mass is 16.2. The molecular formula is C16H20N4O. The van der Waals surface area contributed by atoms with Crippen LogP contribution in [0.1, 0.15) is 11.3 Å². The molecule has 2 aromatic rings. The molecule has 1 N–H and O–H groups in total. The van der Waals surface area contributed by atoms with E-state index in [0.29, 0.717) is 6.42 Å². The summed E-state index contributed by atoms with van der Waals surface area (Å²) in [6, 6.07) is 12.3. The molecule has 110 valence electrons. The number of nitrogens with zero attached hydrogens (tertiary/aromatic N) is 3. The Hall–Kier alpha value is -2.14. The van der Waals surface area contributed by atoms with Crippen molar-refractivity contribution in [2.45, 2.75) is 13.0 Å². The molecule has 0 atom stereocenters. The molecule has 1 aliphatic rings.